The van der Waals surface area contributed by atoms with E-state index in [1.54, 1.807) is 63.7 Å². The van der Waals surface area contributed by atoms with Crippen molar-refractivity contribution in [1.29, 1.82) is 0 Å². The number of carbonyl (C=O) groups excluding carboxylic acids is 2. The summed E-state index contributed by atoms with van der Waals surface area (Å²) in [5, 5.41) is 0.541. The van der Waals surface area contributed by atoms with Gasteiger partial charge in [0.15, 0.2) is 5.17 Å². The Morgan fingerprint density at radius 1 is 1.07 bits per heavy atom. The summed E-state index contributed by atoms with van der Waals surface area (Å²) in [5.74, 6) is 0.712. The molecule has 2 aromatic carbocycles. The van der Waals surface area contributed by atoms with Crippen molar-refractivity contribution >= 4 is 40.6 Å². The molecule has 0 N–H and O–H groups in total. The zero-order chi connectivity index (χ0) is 21.0. The molecule has 1 saturated heterocycles. The van der Waals surface area contributed by atoms with Crippen LogP contribution in [0.4, 0.5) is 5.69 Å². The topological polar surface area (TPSA) is 77.4 Å². The van der Waals surface area contributed by atoms with Crippen LogP contribution in [0.25, 0.3) is 6.08 Å². The maximum absolute atomic E-state index is 12.6. The number of thioether (sulfide) groups is 1. The van der Waals surface area contributed by atoms with Crippen molar-refractivity contribution < 1.29 is 23.8 Å². The van der Waals surface area contributed by atoms with E-state index < -0.39 is 5.97 Å². The molecule has 7 nitrogen and oxygen atoms in total. The molecule has 1 aliphatic heterocycles. The van der Waals surface area contributed by atoms with E-state index in [1.165, 1.54) is 23.8 Å². The van der Waals surface area contributed by atoms with E-state index >= 15 is 0 Å². The first-order valence-corrected chi connectivity index (χ1v) is 9.45. The average Bonchev–Trinajstić information content (AvgIpc) is 3.01. The lowest BCUT2D eigenvalue weighted by molar-refractivity contribution is -0.121. The van der Waals surface area contributed by atoms with E-state index in [1.807, 2.05) is 6.07 Å². The predicted molar refractivity (Wildman–Crippen MR) is 113 cm³/mol. The minimum Gasteiger partial charge on any atom is -0.497 e. The fraction of sp³-hybridized carbons (Fsp3) is 0.190. The van der Waals surface area contributed by atoms with Crippen LogP contribution < -0.4 is 9.47 Å². The third-order valence-electron chi connectivity index (χ3n) is 4.24. The highest BCUT2D eigenvalue weighted by Crippen LogP contribution is 2.35. The van der Waals surface area contributed by atoms with Crippen molar-refractivity contribution in [2.75, 3.05) is 28.4 Å². The number of esters is 1. The molecule has 0 unspecified atom stereocenters. The lowest BCUT2D eigenvalue weighted by atomic mass is 10.1. The Bertz CT molecular complexity index is 999. The van der Waals surface area contributed by atoms with Crippen LogP contribution in [0.3, 0.4) is 0 Å². The maximum Gasteiger partial charge on any atom is 0.337 e. The molecule has 0 atom stereocenters. The Hall–Kier alpha value is -3.26. The van der Waals surface area contributed by atoms with Crippen LogP contribution in [0.2, 0.25) is 0 Å². The van der Waals surface area contributed by atoms with Crippen molar-refractivity contribution in [3.8, 4) is 11.5 Å². The molecule has 1 aliphatic rings. The molecule has 29 heavy (non-hydrogen) atoms. The van der Waals surface area contributed by atoms with Gasteiger partial charge in [-0.15, -0.1) is 0 Å². The molecule has 1 fully saturated rings. The predicted octanol–water partition coefficient (Wildman–Crippen LogP) is 3.72. The Labute approximate surface area is 173 Å². The standard InChI is InChI=1S/C21H20N2O5S/c1-23-19(24)18(11-14-7-10-16(26-2)12-17(14)27-3)29-21(23)22-15-8-5-13(6-9-15)20(25)28-4/h5-12H,1-4H3/b18-11-,22-21?. The van der Waals surface area contributed by atoms with Gasteiger partial charge in [0.25, 0.3) is 5.91 Å². The maximum atomic E-state index is 12.6. The number of ether oxygens (including phenoxy) is 3. The van der Waals surface area contributed by atoms with Crippen LogP contribution in [0.5, 0.6) is 11.5 Å². The number of amides is 1. The van der Waals surface area contributed by atoms with Crippen molar-refractivity contribution in [2.24, 2.45) is 4.99 Å². The third kappa shape index (κ3) is 4.43. The van der Waals surface area contributed by atoms with Crippen molar-refractivity contribution in [2.45, 2.75) is 0 Å². The van der Waals surface area contributed by atoms with Gasteiger partial charge in [-0.05, 0) is 54.2 Å². The number of hydrogen-bond donors (Lipinski definition) is 0. The molecule has 0 aliphatic carbocycles. The number of carbonyl (C=O) groups is 2. The van der Waals surface area contributed by atoms with Gasteiger partial charge in [0.2, 0.25) is 0 Å². The summed E-state index contributed by atoms with van der Waals surface area (Å²) < 4.78 is 15.3. The Morgan fingerprint density at radius 2 is 1.79 bits per heavy atom. The van der Waals surface area contributed by atoms with E-state index in [0.29, 0.717) is 32.8 Å². The molecular weight excluding hydrogens is 392 g/mol. The third-order valence-corrected chi connectivity index (χ3v) is 5.30. The molecule has 3 rings (SSSR count). The number of nitrogens with zero attached hydrogens (tertiary/aromatic N) is 2. The highest BCUT2D eigenvalue weighted by Gasteiger charge is 2.30. The average molecular weight is 412 g/mol. The van der Waals surface area contributed by atoms with Crippen LogP contribution in [0, 0.1) is 0 Å². The molecule has 0 saturated carbocycles. The molecule has 0 bridgehead atoms. The molecule has 2 aromatic rings. The number of methoxy groups -OCH3 is 3. The highest BCUT2D eigenvalue weighted by molar-refractivity contribution is 8.18. The first-order chi connectivity index (χ1) is 14.0. The lowest BCUT2D eigenvalue weighted by Crippen LogP contribution is -2.23. The van der Waals surface area contributed by atoms with Gasteiger partial charge in [0.05, 0.1) is 37.5 Å². The van der Waals surface area contributed by atoms with Crippen molar-refractivity contribution in [3.05, 3.63) is 58.5 Å². The van der Waals surface area contributed by atoms with Crippen LogP contribution in [0.1, 0.15) is 15.9 Å². The molecule has 1 amide bonds. The molecular formula is C21H20N2O5S. The van der Waals surface area contributed by atoms with Gasteiger partial charge in [-0.2, -0.15) is 0 Å². The summed E-state index contributed by atoms with van der Waals surface area (Å²) in [6.07, 6.45) is 1.77. The fourth-order valence-electron chi connectivity index (χ4n) is 2.63. The van der Waals surface area contributed by atoms with Crippen LogP contribution in [-0.2, 0) is 9.53 Å². The Balaban J connectivity index is 1.87. The fourth-order valence-corrected chi connectivity index (χ4v) is 3.61. The second-order valence-electron chi connectivity index (χ2n) is 6.02. The summed E-state index contributed by atoms with van der Waals surface area (Å²) >= 11 is 1.27. The second kappa shape index (κ2) is 8.83. The Kier molecular flexibility index (Phi) is 6.23. The van der Waals surface area contributed by atoms with Gasteiger partial charge in [-0.25, -0.2) is 9.79 Å². The second-order valence-corrected chi connectivity index (χ2v) is 7.02. The number of benzene rings is 2. The van der Waals surface area contributed by atoms with Crippen LogP contribution >= 0.6 is 11.8 Å². The lowest BCUT2D eigenvalue weighted by Gasteiger charge is -2.08. The molecule has 0 spiro atoms. The Morgan fingerprint density at radius 3 is 2.41 bits per heavy atom. The molecule has 0 aromatic heterocycles. The highest BCUT2D eigenvalue weighted by atomic mass is 32.2. The molecule has 0 radical (unpaired) electrons. The van der Waals surface area contributed by atoms with Gasteiger partial charge in [-0.1, -0.05) is 0 Å². The summed E-state index contributed by atoms with van der Waals surface area (Å²) in [4.78, 5) is 30.7. The van der Waals surface area contributed by atoms with Crippen LogP contribution in [0.15, 0.2) is 52.4 Å². The summed E-state index contributed by atoms with van der Waals surface area (Å²) in [6, 6.07) is 12.1. The normalized spacial score (nSPS) is 16.4. The molecule has 8 heteroatoms. The summed E-state index contributed by atoms with van der Waals surface area (Å²) in [6.45, 7) is 0. The minimum absolute atomic E-state index is 0.155. The van der Waals surface area contributed by atoms with E-state index in [0.717, 1.165) is 5.56 Å². The zero-order valence-corrected chi connectivity index (χ0v) is 17.3. The number of aliphatic imine (C=N–C) groups is 1. The van der Waals surface area contributed by atoms with Crippen molar-refractivity contribution in [1.82, 2.24) is 4.90 Å². The number of hydrogen-bond acceptors (Lipinski definition) is 7. The summed E-state index contributed by atoms with van der Waals surface area (Å²) in [5.41, 5.74) is 1.83. The van der Waals surface area contributed by atoms with Gasteiger partial charge in [0, 0.05) is 18.7 Å². The number of rotatable bonds is 5. The first kappa shape index (κ1) is 20.5. The van der Waals surface area contributed by atoms with Gasteiger partial charge in [-0.3, -0.25) is 9.69 Å². The molecule has 1 heterocycles. The first-order valence-electron chi connectivity index (χ1n) is 8.63. The zero-order valence-electron chi connectivity index (χ0n) is 16.5. The number of amidine groups is 1. The number of likely N-dealkylation sites (N-methyl/N-ethyl adjacent to an activating group) is 1. The minimum atomic E-state index is -0.412. The SMILES string of the molecule is COC(=O)c1ccc(N=C2S/C(=C\c3ccc(OC)cc3OC)C(=O)N2C)cc1. The van der Waals surface area contributed by atoms with Crippen LogP contribution in [-0.4, -0.2) is 50.3 Å². The monoisotopic (exact) mass is 412 g/mol. The van der Waals surface area contributed by atoms with Gasteiger partial charge >= 0.3 is 5.97 Å². The van der Waals surface area contributed by atoms with E-state index in [-0.39, 0.29) is 5.91 Å². The smallest absolute Gasteiger partial charge is 0.337 e. The quantitative estimate of drug-likeness (QED) is 0.550. The van der Waals surface area contributed by atoms with E-state index in [2.05, 4.69) is 9.73 Å². The van der Waals surface area contributed by atoms with E-state index in [9.17, 15) is 9.59 Å². The van der Waals surface area contributed by atoms with Crippen molar-refractivity contribution in [3.63, 3.8) is 0 Å². The van der Waals surface area contributed by atoms with Gasteiger partial charge in [0.1, 0.15) is 11.5 Å². The van der Waals surface area contributed by atoms with E-state index in [4.69, 9.17) is 9.47 Å². The summed E-state index contributed by atoms with van der Waals surface area (Å²) in [7, 11) is 6.15. The largest absolute Gasteiger partial charge is 0.497 e. The van der Waals surface area contributed by atoms with Gasteiger partial charge < -0.3 is 14.2 Å². The molecule has 150 valence electrons.